The van der Waals surface area contributed by atoms with Crippen LogP contribution in [-0.2, 0) is 11.2 Å². The van der Waals surface area contributed by atoms with Crippen molar-refractivity contribution in [1.82, 2.24) is 15.5 Å². The maximum absolute atomic E-state index is 12.3. The third-order valence-corrected chi connectivity index (χ3v) is 3.99. The number of nitrogens with zero attached hydrogens (tertiary/aromatic N) is 2. The van der Waals surface area contributed by atoms with Gasteiger partial charge in [-0.1, -0.05) is 12.1 Å². The predicted octanol–water partition coefficient (Wildman–Crippen LogP) is 3.63. The number of ether oxygens (including phenoxy) is 1. The van der Waals surface area contributed by atoms with Crippen LogP contribution in [0.15, 0.2) is 29.3 Å². The van der Waals surface area contributed by atoms with Crippen molar-refractivity contribution in [1.29, 1.82) is 0 Å². The van der Waals surface area contributed by atoms with Gasteiger partial charge in [0.2, 0.25) is 0 Å². The molecule has 0 aliphatic heterocycles. The summed E-state index contributed by atoms with van der Waals surface area (Å²) in [5.74, 6) is 0.599. The first kappa shape index (κ1) is 26.5. The van der Waals surface area contributed by atoms with Crippen LogP contribution in [0, 0.1) is 0 Å². The molecule has 1 rings (SSSR count). The summed E-state index contributed by atoms with van der Waals surface area (Å²) in [7, 11) is 3.09. The average molecular weight is 446 g/mol. The van der Waals surface area contributed by atoms with Gasteiger partial charge in [0.1, 0.15) is 5.60 Å². The molecule has 0 fully saturated rings. The number of benzene rings is 1. The molecule has 0 unspecified atom stereocenters. The van der Waals surface area contributed by atoms with E-state index in [1.54, 1.807) is 27.8 Å². The zero-order valence-electron chi connectivity index (χ0n) is 18.9. The standard InChI is InChI=1S/C21H34F3N5O2/c1-20(2,3)31-19(30)28-17-9-7-16(8-10-17)11-13-27-18(25-4)26-12-6-14-29(5)15-21(22,23)24/h7-10H,6,11-15H2,1-5H3,(H,28,30)(H2,25,26,27). The van der Waals surface area contributed by atoms with Gasteiger partial charge in [0, 0.05) is 25.8 Å². The van der Waals surface area contributed by atoms with E-state index < -0.39 is 24.4 Å². The quantitative estimate of drug-likeness (QED) is 0.307. The average Bonchev–Trinajstić information content (AvgIpc) is 2.62. The highest BCUT2D eigenvalue weighted by Crippen LogP contribution is 2.15. The second-order valence-electron chi connectivity index (χ2n) is 8.21. The van der Waals surface area contributed by atoms with Gasteiger partial charge in [-0.15, -0.1) is 0 Å². The first-order valence-electron chi connectivity index (χ1n) is 10.2. The molecule has 0 aliphatic rings. The van der Waals surface area contributed by atoms with E-state index >= 15 is 0 Å². The molecule has 0 bridgehead atoms. The van der Waals surface area contributed by atoms with Crippen LogP contribution in [-0.4, -0.2) is 69.0 Å². The predicted molar refractivity (Wildman–Crippen MR) is 118 cm³/mol. The fourth-order valence-corrected chi connectivity index (χ4v) is 2.66. The largest absolute Gasteiger partial charge is 0.444 e. The lowest BCUT2D eigenvalue weighted by atomic mass is 10.1. The Balaban J connectivity index is 2.29. The second kappa shape index (κ2) is 12.4. The topological polar surface area (TPSA) is 78.0 Å². The van der Waals surface area contributed by atoms with Crippen molar-refractivity contribution < 1.29 is 22.7 Å². The second-order valence-corrected chi connectivity index (χ2v) is 8.21. The molecule has 0 aliphatic carbocycles. The molecule has 7 nitrogen and oxygen atoms in total. The number of guanidine groups is 1. The minimum absolute atomic E-state index is 0.340. The first-order valence-corrected chi connectivity index (χ1v) is 10.2. The number of alkyl halides is 3. The third kappa shape index (κ3) is 13.4. The summed E-state index contributed by atoms with van der Waals surface area (Å²) in [4.78, 5) is 17.1. The Hall–Kier alpha value is -2.49. The minimum atomic E-state index is -4.18. The van der Waals surface area contributed by atoms with Crippen LogP contribution in [0.5, 0.6) is 0 Å². The van der Waals surface area contributed by atoms with Gasteiger partial charge in [-0.3, -0.25) is 15.2 Å². The Labute approximate surface area is 182 Å². The SMILES string of the molecule is CN=C(NCCCN(C)CC(F)(F)F)NCCc1ccc(NC(=O)OC(C)(C)C)cc1. The zero-order chi connectivity index (χ0) is 23.5. The minimum Gasteiger partial charge on any atom is -0.444 e. The van der Waals surface area contributed by atoms with Gasteiger partial charge in [0.25, 0.3) is 0 Å². The van der Waals surface area contributed by atoms with Gasteiger partial charge in [-0.2, -0.15) is 13.2 Å². The van der Waals surface area contributed by atoms with Gasteiger partial charge in [-0.25, -0.2) is 4.79 Å². The molecule has 0 saturated carbocycles. The molecular weight excluding hydrogens is 411 g/mol. The van der Waals surface area contributed by atoms with Crippen LogP contribution < -0.4 is 16.0 Å². The number of carbonyl (C=O) groups excluding carboxylic acids is 1. The number of nitrogens with one attached hydrogen (secondary N) is 3. The summed E-state index contributed by atoms with van der Waals surface area (Å²) in [5.41, 5.74) is 1.17. The molecule has 0 spiro atoms. The molecule has 0 heterocycles. The Morgan fingerprint density at radius 1 is 1.10 bits per heavy atom. The van der Waals surface area contributed by atoms with Crippen molar-refractivity contribution in [3.8, 4) is 0 Å². The van der Waals surface area contributed by atoms with Crippen molar-refractivity contribution in [3.63, 3.8) is 0 Å². The van der Waals surface area contributed by atoms with E-state index in [-0.39, 0.29) is 0 Å². The van der Waals surface area contributed by atoms with Gasteiger partial charge >= 0.3 is 12.3 Å². The summed E-state index contributed by atoms with van der Waals surface area (Å²) in [6, 6.07) is 7.45. The number of carbonyl (C=O) groups is 1. The molecule has 1 aromatic rings. The van der Waals surface area contributed by atoms with E-state index in [1.165, 1.54) is 11.9 Å². The van der Waals surface area contributed by atoms with Crippen molar-refractivity contribution in [3.05, 3.63) is 29.8 Å². The molecule has 176 valence electrons. The van der Waals surface area contributed by atoms with Crippen LogP contribution in [0.2, 0.25) is 0 Å². The monoisotopic (exact) mass is 445 g/mol. The molecule has 0 saturated heterocycles. The molecular formula is C21H34F3N5O2. The van der Waals surface area contributed by atoms with Crippen molar-refractivity contribution >= 4 is 17.7 Å². The van der Waals surface area contributed by atoms with E-state index in [0.29, 0.717) is 37.7 Å². The summed E-state index contributed by atoms with van der Waals surface area (Å²) < 4.78 is 42.1. The van der Waals surface area contributed by atoms with Crippen LogP contribution in [0.3, 0.4) is 0 Å². The van der Waals surface area contributed by atoms with Crippen molar-refractivity contribution in [2.24, 2.45) is 4.99 Å². The Bertz CT molecular complexity index is 700. The lowest BCUT2D eigenvalue weighted by molar-refractivity contribution is -0.143. The molecule has 1 amide bonds. The molecule has 10 heteroatoms. The summed E-state index contributed by atoms with van der Waals surface area (Å²) in [6.07, 6.45) is -3.37. The molecule has 1 aromatic carbocycles. The third-order valence-electron chi connectivity index (χ3n) is 3.99. The highest BCUT2D eigenvalue weighted by atomic mass is 19.4. The number of halogens is 3. The first-order chi connectivity index (χ1) is 14.4. The van der Waals surface area contributed by atoms with E-state index in [1.807, 2.05) is 24.3 Å². The van der Waals surface area contributed by atoms with Crippen LogP contribution >= 0.6 is 0 Å². The number of hydrogen-bond donors (Lipinski definition) is 3. The molecule has 0 atom stereocenters. The summed E-state index contributed by atoms with van der Waals surface area (Å²) in [5, 5.41) is 8.95. The van der Waals surface area contributed by atoms with Crippen LogP contribution in [0.1, 0.15) is 32.8 Å². The van der Waals surface area contributed by atoms with Crippen LogP contribution in [0.4, 0.5) is 23.7 Å². The van der Waals surface area contributed by atoms with E-state index in [2.05, 4.69) is 20.9 Å². The van der Waals surface area contributed by atoms with E-state index in [4.69, 9.17) is 4.74 Å². The highest BCUT2D eigenvalue weighted by Gasteiger charge is 2.28. The molecule has 0 aromatic heterocycles. The van der Waals surface area contributed by atoms with Crippen molar-refractivity contribution in [2.45, 2.75) is 45.4 Å². The number of rotatable bonds is 9. The highest BCUT2D eigenvalue weighted by molar-refractivity contribution is 5.84. The van der Waals surface area contributed by atoms with Crippen LogP contribution in [0.25, 0.3) is 0 Å². The fourth-order valence-electron chi connectivity index (χ4n) is 2.66. The Morgan fingerprint density at radius 3 is 2.26 bits per heavy atom. The van der Waals surface area contributed by atoms with E-state index in [9.17, 15) is 18.0 Å². The lowest BCUT2D eigenvalue weighted by Crippen LogP contribution is -2.40. The maximum Gasteiger partial charge on any atom is 0.412 e. The molecule has 31 heavy (non-hydrogen) atoms. The molecule has 3 N–H and O–H groups in total. The van der Waals surface area contributed by atoms with Gasteiger partial charge in [0.15, 0.2) is 5.96 Å². The Morgan fingerprint density at radius 2 is 1.71 bits per heavy atom. The van der Waals surface area contributed by atoms with E-state index in [0.717, 1.165) is 12.0 Å². The zero-order valence-corrected chi connectivity index (χ0v) is 18.9. The number of aliphatic imine (C=N–C) groups is 1. The normalized spacial score (nSPS) is 12.6. The van der Waals surface area contributed by atoms with Gasteiger partial charge in [-0.05, 0) is 64.9 Å². The Kier molecular flexibility index (Phi) is 10.6. The number of hydrogen-bond acceptors (Lipinski definition) is 4. The molecule has 0 radical (unpaired) electrons. The fraction of sp³-hybridized carbons (Fsp3) is 0.619. The number of anilines is 1. The van der Waals surface area contributed by atoms with Gasteiger partial charge < -0.3 is 15.4 Å². The maximum atomic E-state index is 12.3. The van der Waals surface area contributed by atoms with Gasteiger partial charge in [0.05, 0.1) is 6.54 Å². The summed E-state index contributed by atoms with van der Waals surface area (Å²) in [6.45, 7) is 5.99. The number of amides is 1. The smallest absolute Gasteiger partial charge is 0.412 e. The summed E-state index contributed by atoms with van der Waals surface area (Å²) >= 11 is 0. The lowest BCUT2D eigenvalue weighted by Gasteiger charge is -2.19. The van der Waals surface area contributed by atoms with Crippen molar-refractivity contribution in [2.75, 3.05) is 45.6 Å².